The summed E-state index contributed by atoms with van der Waals surface area (Å²) in [5.41, 5.74) is -1.11. The Morgan fingerprint density at radius 1 is 1.25 bits per heavy atom. The molecule has 24 heavy (non-hydrogen) atoms. The lowest BCUT2D eigenvalue weighted by Gasteiger charge is -2.11. The van der Waals surface area contributed by atoms with Crippen LogP contribution in [0.1, 0.15) is 16.1 Å². The van der Waals surface area contributed by atoms with E-state index in [1.807, 2.05) is 11.4 Å². The van der Waals surface area contributed by atoms with Gasteiger partial charge >= 0.3 is 6.18 Å². The number of carbonyl (C=O) groups excluding carboxylic acids is 1. The van der Waals surface area contributed by atoms with Gasteiger partial charge < -0.3 is 9.84 Å². The Balaban J connectivity index is 1.80. The Bertz CT molecular complexity index is 875. The Kier molecular flexibility index (Phi) is 4.33. The van der Waals surface area contributed by atoms with Crippen LogP contribution in [0, 0.1) is 0 Å². The van der Waals surface area contributed by atoms with Crippen LogP contribution >= 0.6 is 22.9 Å². The summed E-state index contributed by atoms with van der Waals surface area (Å²) in [6.07, 6.45) is -4.61. The van der Waals surface area contributed by atoms with Crippen LogP contribution in [0.3, 0.4) is 0 Å². The highest BCUT2D eigenvalue weighted by Crippen LogP contribution is 2.36. The third-order valence-corrected chi connectivity index (χ3v) is 4.25. The Labute approximate surface area is 142 Å². The van der Waals surface area contributed by atoms with E-state index < -0.39 is 22.7 Å². The van der Waals surface area contributed by atoms with E-state index >= 15 is 0 Å². The molecule has 0 bridgehead atoms. The maximum Gasteiger partial charge on any atom is 0.417 e. The van der Waals surface area contributed by atoms with Crippen molar-refractivity contribution in [2.24, 2.45) is 0 Å². The fourth-order valence-corrected chi connectivity index (χ4v) is 2.83. The van der Waals surface area contributed by atoms with Gasteiger partial charge in [-0.15, -0.1) is 11.3 Å². The third kappa shape index (κ3) is 3.44. The molecule has 1 amide bonds. The highest BCUT2D eigenvalue weighted by molar-refractivity contribution is 7.13. The number of halogens is 4. The molecule has 1 N–H and O–H groups in total. The number of aromatic nitrogens is 1. The van der Waals surface area contributed by atoms with Gasteiger partial charge in [0.15, 0.2) is 11.5 Å². The van der Waals surface area contributed by atoms with Crippen molar-refractivity contribution in [3.63, 3.8) is 0 Å². The summed E-state index contributed by atoms with van der Waals surface area (Å²) in [5, 5.41) is 7.36. The average Bonchev–Trinajstić information content (AvgIpc) is 3.18. The zero-order valence-electron chi connectivity index (χ0n) is 11.7. The number of nitrogens with zero attached hydrogens (tertiary/aromatic N) is 1. The standard InChI is InChI=1S/C15H8ClF3N2O2S/c16-10-4-3-8(6-9(10)15(17,18)19)20-14(22)11-7-12(23-21-11)13-2-1-5-24-13/h1-7H,(H,20,22). The molecule has 124 valence electrons. The highest BCUT2D eigenvalue weighted by Gasteiger charge is 2.33. The normalized spacial score (nSPS) is 11.5. The monoisotopic (exact) mass is 372 g/mol. The molecule has 2 aromatic heterocycles. The van der Waals surface area contributed by atoms with Crippen LogP contribution in [0.25, 0.3) is 10.6 Å². The number of nitrogens with one attached hydrogen (secondary N) is 1. The van der Waals surface area contributed by atoms with Gasteiger partial charge in [-0.2, -0.15) is 13.2 Å². The van der Waals surface area contributed by atoms with Crippen molar-refractivity contribution in [2.75, 3.05) is 5.32 Å². The van der Waals surface area contributed by atoms with E-state index in [2.05, 4.69) is 10.5 Å². The van der Waals surface area contributed by atoms with Crippen LogP contribution < -0.4 is 5.32 Å². The van der Waals surface area contributed by atoms with E-state index in [1.165, 1.54) is 23.5 Å². The van der Waals surface area contributed by atoms with Crippen molar-refractivity contribution in [3.05, 3.63) is 58.1 Å². The van der Waals surface area contributed by atoms with Gasteiger partial charge in [-0.3, -0.25) is 4.79 Å². The first-order chi connectivity index (χ1) is 11.3. The second-order valence-corrected chi connectivity index (χ2v) is 6.06. The molecule has 3 rings (SSSR count). The van der Waals surface area contributed by atoms with E-state index in [4.69, 9.17) is 16.1 Å². The molecule has 0 spiro atoms. The molecular weight excluding hydrogens is 365 g/mol. The number of hydrogen-bond donors (Lipinski definition) is 1. The SMILES string of the molecule is O=C(Nc1ccc(Cl)c(C(F)(F)F)c1)c1cc(-c2cccs2)on1. The molecule has 0 atom stereocenters. The van der Waals surface area contributed by atoms with E-state index in [1.54, 1.807) is 6.07 Å². The smallest absolute Gasteiger partial charge is 0.355 e. The lowest BCUT2D eigenvalue weighted by Crippen LogP contribution is -2.13. The van der Waals surface area contributed by atoms with Gasteiger partial charge in [-0.05, 0) is 29.6 Å². The molecule has 0 saturated carbocycles. The molecule has 0 radical (unpaired) electrons. The average molecular weight is 373 g/mol. The molecule has 3 aromatic rings. The minimum Gasteiger partial charge on any atom is -0.355 e. The van der Waals surface area contributed by atoms with Gasteiger partial charge in [-0.1, -0.05) is 22.8 Å². The number of anilines is 1. The topological polar surface area (TPSA) is 55.1 Å². The first kappa shape index (κ1) is 16.5. The first-order valence-electron chi connectivity index (χ1n) is 6.53. The molecule has 0 fully saturated rings. The number of amides is 1. The van der Waals surface area contributed by atoms with Crippen molar-refractivity contribution in [3.8, 4) is 10.6 Å². The van der Waals surface area contributed by atoms with Crippen molar-refractivity contribution in [1.82, 2.24) is 5.16 Å². The summed E-state index contributed by atoms with van der Waals surface area (Å²) in [5.74, 6) is -0.278. The second kappa shape index (κ2) is 6.29. The summed E-state index contributed by atoms with van der Waals surface area (Å²) in [4.78, 5) is 12.9. The van der Waals surface area contributed by atoms with Gasteiger partial charge in [0.1, 0.15) is 0 Å². The molecule has 0 aliphatic rings. The number of thiophene rings is 1. The fourth-order valence-electron chi connectivity index (χ4n) is 1.93. The van der Waals surface area contributed by atoms with Crippen molar-refractivity contribution in [1.29, 1.82) is 0 Å². The van der Waals surface area contributed by atoms with Crippen LogP contribution in [-0.2, 0) is 6.18 Å². The first-order valence-corrected chi connectivity index (χ1v) is 7.79. The van der Waals surface area contributed by atoms with E-state index in [9.17, 15) is 18.0 Å². The predicted molar refractivity (Wildman–Crippen MR) is 84.2 cm³/mol. The van der Waals surface area contributed by atoms with Crippen LogP contribution in [-0.4, -0.2) is 11.1 Å². The minimum atomic E-state index is -4.61. The summed E-state index contributed by atoms with van der Waals surface area (Å²) < 4.78 is 43.5. The van der Waals surface area contributed by atoms with Gasteiger partial charge in [-0.25, -0.2) is 0 Å². The van der Waals surface area contributed by atoms with E-state index in [0.29, 0.717) is 5.76 Å². The predicted octanol–water partition coefficient (Wildman–Crippen LogP) is 5.33. The number of benzene rings is 1. The van der Waals surface area contributed by atoms with Crippen molar-refractivity contribution < 1.29 is 22.5 Å². The number of carbonyl (C=O) groups is 1. The maximum atomic E-state index is 12.8. The molecule has 2 heterocycles. The lowest BCUT2D eigenvalue weighted by atomic mass is 10.2. The van der Waals surface area contributed by atoms with Gasteiger partial charge in [0.25, 0.3) is 5.91 Å². The molecular formula is C15H8ClF3N2O2S. The number of alkyl halides is 3. The third-order valence-electron chi connectivity index (χ3n) is 3.04. The second-order valence-electron chi connectivity index (χ2n) is 4.70. The molecule has 0 unspecified atom stereocenters. The fraction of sp³-hybridized carbons (Fsp3) is 0.0667. The van der Waals surface area contributed by atoms with Gasteiger partial charge in [0, 0.05) is 11.8 Å². The van der Waals surface area contributed by atoms with Crippen molar-refractivity contribution >= 4 is 34.5 Å². The Hall–Kier alpha value is -2.32. The largest absolute Gasteiger partial charge is 0.417 e. The van der Waals surface area contributed by atoms with Crippen LogP contribution in [0.2, 0.25) is 5.02 Å². The highest BCUT2D eigenvalue weighted by atomic mass is 35.5. The van der Waals surface area contributed by atoms with Crippen LogP contribution in [0.4, 0.5) is 18.9 Å². The molecule has 0 saturated heterocycles. The number of rotatable bonds is 3. The summed E-state index contributed by atoms with van der Waals surface area (Å²) in [6.45, 7) is 0. The molecule has 0 aliphatic carbocycles. The maximum absolute atomic E-state index is 12.8. The van der Waals surface area contributed by atoms with Crippen molar-refractivity contribution in [2.45, 2.75) is 6.18 Å². The Morgan fingerprint density at radius 2 is 2.04 bits per heavy atom. The minimum absolute atomic E-state index is 0.0399. The lowest BCUT2D eigenvalue weighted by molar-refractivity contribution is -0.137. The Morgan fingerprint density at radius 3 is 2.71 bits per heavy atom. The van der Waals surface area contributed by atoms with Gasteiger partial charge in [0.2, 0.25) is 0 Å². The number of hydrogen-bond acceptors (Lipinski definition) is 4. The van der Waals surface area contributed by atoms with Crippen LogP contribution in [0.5, 0.6) is 0 Å². The summed E-state index contributed by atoms with van der Waals surface area (Å²) in [7, 11) is 0. The molecule has 4 nitrogen and oxygen atoms in total. The van der Waals surface area contributed by atoms with Gasteiger partial charge in [0.05, 0.1) is 15.5 Å². The summed E-state index contributed by atoms with van der Waals surface area (Å²) in [6, 6.07) is 8.13. The summed E-state index contributed by atoms with van der Waals surface area (Å²) >= 11 is 6.94. The zero-order chi connectivity index (χ0) is 17.3. The molecule has 1 aromatic carbocycles. The zero-order valence-corrected chi connectivity index (χ0v) is 13.3. The van der Waals surface area contributed by atoms with Crippen LogP contribution in [0.15, 0.2) is 46.3 Å². The molecule has 0 aliphatic heterocycles. The van der Waals surface area contributed by atoms with E-state index in [-0.39, 0.29) is 11.4 Å². The van der Waals surface area contributed by atoms with E-state index in [0.717, 1.165) is 17.0 Å². The molecule has 9 heteroatoms. The quantitative estimate of drug-likeness (QED) is 0.676.